The minimum atomic E-state index is -0.599. The second-order valence-electron chi connectivity index (χ2n) is 3.15. The Hall–Kier alpha value is -1.82. The molecule has 0 unspecified atom stereocenters. The Kier molecular flexibility index (Phi) is 3.14. The van der Waals surface area contributed by atoms with Crippen LogP contribution in [0.5, 0.6) is 0 Å². The molecule has 0 bridgehead atoms. The molecule has 0 N–H and O–H groups in total. The summed E-state index contributed by atoms with van der Waals surface area (Å²) in [5, 5.41) is 1.58. The lowest BCUT2D eigenvalue weighted by Crippen LogP contribution is -2.00. The van der Waals surface area contributed by atoms with E-state index >= 15 is 0 Å². The van der Waals surface area contributed by atoms with Crippen molar-refractivity contribution in [1.82, 2.24) is 4.98 Å². The molecule has 0 aliphatic rings. The van der Waals surface area contributed by atoms with Crippen LogP contribution in [0.3, 0.4) is 0 Å². The maximum Gasteiger partial charge on any atom is 0.367 e. The van der Waals surface area contributed by atoms with Crippen molar-refractivity contribution in [2.24, 2.45) is 0 Å². The fourth-order valence-corrected chi connectivity index (χ4v) is 2.01. The van der Waals surface area contributed by atoms with E-state index in [1.807, 2.05) is 0 Å². The second-order valence-corrected chi connectivity index (χ2v) is 4.01. The molecule has 1 heterocycles. The van der Waals surface area contributed by atoms with Crippen LogP contribution < -0.4 is 0 Å². The molecule has 2 rings (SSSR count). The van der Waals surface area contributed by atoms with Crippen LogP contribution >= 0.6 is 11.3 Å². The van der Waals surface area contributed by atoms with Gasteiger partial charge in [-0.05, 0) is 18.2 Å². The predicted octanol–water partition coefficient (Wildman–Crippen LogP) is 2.87. The normalized spacial score (nSPS) is 10.3. The number of nitrogens with zero attached hydrogens (tertiary/aromatic N) is 1. The SMILES string of the molecule is COC(=O)c1nc(-c2cc(F)ccc2F)cs1. The van der Waals surface area contributed by atoms with E-state index in [0.717, 1.165) is 29.5 Å². The molecule has 0 saturated heterocycles. The number of hydrogen-bond acceptors (Lipinski definition) is 4. The number of methoxy groups -OCH3 is 1. The minimum Gasteiger partial charge on any atom is -0.464 e. The number of thiazole rings is 1. The predicted molar refractivity (Wildman–Crippen MR) is 58.8 cm³/mol. The first-order valence-corrected chi connectivity index (χ1v) is 5.49. The Bertz CT molecular complexity index is 568. The highest BCUT2D eigenvalue weighted by atomic mass is 32.1. The second kappa shape index (κ2) is 4.58. The van der Waals surface area contributed by atoms with Gasteiger partial charge in [0.2, 0.25) is 5.01 Å². The summed E-state index contributed by atoms with van der Waals surface area (Å²) in [5.41, 5.74) is 0.240. The van der Waals surface area contributed by atoms with Crippen molar-refractivity contribution in [1.29, 1.82) is 0 Å². The van der Waals surface area contributed by atoms with Gasteiger partial charge in [-0.2, -0.15) is 0 Å². The molecule has 0 radical (unpaired) electrons. The summed E-state index contributed by atoms with van der Waals surface area (Å²) in [7, 11) is 1.23. The number of carbonyl (C=O) groups excluding carboxylic acids is 1. The summed E-state index contributed by atoms with van der Waals surface area (Å²) in [6.45, 7) is 0. The highest BCUT2D eigenvalue weighted by molar-refractivity contribution is 7.11. The Balaban J connectivity index is 2.43. The van der Waals surface area contributed by atoms with Crippen molar-refractivity contribution in [3.8, 4) is 11.3 Å². The number of esters is 1. The number of benzene rings is 1. The Morgan fingerprint density at radius 1 is 1.41 bits per heavy atom. The van der Waals surface area contributed by atoms with Crippen molar-refractivity contribution >= 4 is 17.3 Å². The van der Waals surface area contributed by atoms with Gasteiger partial charge in [0, 0.05) is 10.9 Å². The summed E-state index contributed by atoms with van der Waals surface area (Å²) < 4.78 is 30.9. The van der Waals surface area contributed by atoms with Gasteiger partial charge in [0.15, 0.2) is 0 Å². The molecule has 1 aromatic carbocycles. The summed E-state index contributed by atoms with van der Waals surface area (Å²) >= 11 is 1.02. The van der Waals surface area contributed by atoms with Crippen LogP contribution in [0.1, 0.15) is 9.80 Å². The number of hydrogen-bond donors (Lipinski definition) is 0. The van der Waals surface area contributed by atoms with E-state index in [2.05, 4.69) is 9.72 Å². The van der Waals surface area contributed by atoms with Crippen LogP contribution in [0.2, 0.25) is 0 Å². The summed E-state index contributed by atoms with van der Waals surface area (Å²) in [6, 6.07) is 3.07. The van der Waals surface area contributed by atoms with E-state index in [1.54, 1.807) is 0 Å². The van der Waals surface area contributed by atoms with Gasteiger partial charge in [0.25, 0.3) is 0 Å². The van der Waals surface area contributed by atoms with Crippen molar-refractivity contribution in [2.75, 3.05) is 7.11 Å². The molecule has 0 aliphatic carbocycles. The zero-order chi connectivity index (χ0) is 12.4. The molecule has 6 heteroatoms. The smallest absolute Gasteiger partial charge is 0.367 e. The van der Waals surface area contributed by atoms with Gasteiger partial charge < -0.3 is 4.74 Å². The van der Waals surface area contributed by atoms with Gasteiger partial charge in [-0.3, -0.25) is 0 Å². The van der Waals surface area contributed by atoms with E-state index in [9.17, 15) is 13.6 Å². The first-order chi connectivity index (χ1) is 8.11. The van der Waals surface area contributed by atoms with Gasteiger partial charge in [0.05, 0.1) is 12.8 Å². The fraction of sp³-hybridized carbons (Fsp3) is 0.0909. The highest BCUT2D eigenvalue weighted by Gasteiger charge is 2.14. The van der Waals surface area contributed by atoms with Crippen molar-refractivity contribution in [3.05, 3.63) is 40.2 Å². The Morgan fingerprint density at radius 3 is 2.88 bits per heavy atom. The van der Waals surface area contributed by atoms with Crippen molar-refractivity contribution in [2.45, 2.75) is 0 Å². The molecule has 88 valence electrons. The third-order valence-corrected chi connectivity index (χ3v) is 2.89. The van der Waals surface area contributed by atoms with E-state index in [0.29, 0.717) is 0 Å². The molecule has 17 heavy (non-hydrogen) atoms. The van der Waals surface area contributed by atoms with Gasteiger partial charge >= 0.3 is 5.97 Å². The maximum atomic E-state index is 13.4. The number of aromatic nitrogens is 1. The van der Waals surface area contributed by atoms with Crippen LogP contribution in [0, 0.1) is 11.6 Å². The minimum absolute atomic E-state index is 0.0244. The van der Waals surface area contributed by atoms with Crippen molar-refractivity contribution in [3.63, 3.8) is 0 Å². The number of ether oxygens (including phenoxy) is 1. The maximum absolute atomic E-state index is 13.4. The molecular formula is C11H7F2NO2S. The van der Waals surface area contributed by atoms with Crippen molar-refractivity contribution < 1.29 is 18.3 Å². The van der Waals surface area contributed by atoms with Crippen LogP contribution in [-0.4, -0.2) is 18.1 Å². The lowest BCUT2D eigenvalue weighted by molar-refractivity contribution is 0.0600. The first-order valence-electron chi connectivity index (χ1n) is 4.61. The summed E-state index contributed by atoms with van der Waals surface area (Å²) in [4.78, 5) is 15.1. The molecule has 2 aromatic rings. The average Bonchev–Trinajstić information content (AvgIpc) is 2.80. The molecule has 0 amide bonds. The topological polar surface area (TPSA) is 39.2 Å². The fourth-order valence-electron chi connectivity index (χ4n) is 1.27. The van der Waals surface area contributed by atoms with E-state index in [1.165, 1.54) is 12.5 Å². The zero-order valence-electron chi connectivity index (χ0n) is 8.74. The quantitative estimate of drug-likeness (QED) is 0.774. The molecule has 1 aromatic heterocycles. The molecule has 0 fully saturated rings. The van der Waals surface area contributed by atoms with Crippen LogP contribution in [0.25, 0.3) is 11.3 Å². The molecule has 0 saturated carbocycles. The zero-order valence-corrected chi connectivity index (χ0v) is 9.55. The Morgan fingerprint density at radius 2 is 2.18 bits per heavy atom. The number of halogens is 2. The number of carbonyl (C=O) groups is 1. The molecule has 0 spiro atoms. The lowest BCUT2D eigenvalue weighted by Gasteiger charge is -1.98. The standard InChI is InChI=1S/C11H7F2NO2S/c1-16-11(15)10-14-9(5-17-10)7-4-6(12)2-3-8(7)13/h2-5H,1H3. The van der Waals surface area contributed by atoms with Gasteiger partial charge in [-0.1, -0.05) is 0 Å². The molecular weight excluding hydrogens is 248 g/mol. The van der Waals surface area contributed by atoms with Gasteiger partial charge in [-0.25, -0.2) is 18.6 Å². The summed E-state index contributed by atoms with van der Waals surface area (Å²) in [6.07, 6.45) is 0. The monoisotopic (exact) mass is 255 g/mol. The van der Waals surface area contributed by atoms with Crippen LogP contribution in [0.4, 0.5) is 8.78 Å². The van der Waals surface area contributed by atoms with Crippen LogP contribution in [-0.2, 0) is 4.74 Å². The third-order valence-electron chi connectivity index (χ3n) is 2.07. The van der Waals surface area contributed by atoms with E-state index in [4.69, 9.17) is 0 Å². The number of rotatable bonds is 2. The highest BCUT2D eigenvalue weighted by Crippen LogP contribution is 2.25. The summed E-state index contributed by atoms with van der Waals surface area (Å²) in [5.74, 6) is -1.75. The molecule has 3 nitrogen and oxygen atoms in total. The van der Waals surface area contributed by atoms with Gasteiger partial charge in [-0.15, -0.1) is 11.3 Å². The lowest BCUT2D eigenvalue weighted by atomic mass is 10.1. The molecule has 0 aliphatic heterocycles. The van der Waals surface area contributed by atoms with E-state index in [-0.39, 0.29) is 16.3 Å². The van der Waals surface area contributed by atoms with E-state index < -0.39 is 17.6 Å². The Labute approximate surface area is 99.7 Å². The average molecular weight is 255 g/mol. The third kappa shape index (κ3) is 2.31. The molecule has 0 atom stereocenters. The first kappa shape index (κ1) is 11.7. The largest absolute Gasteiger partial charge is 0.464 e. The van der Waals surface area contributed by atoms with Crippen LogP contribution in [0.15, 0.2) is 23.6 Å². The van der Waals surface area contributed by atoms with Gasteiger partial charge in [0.1, 0.15) is 11.6 Å².